The number of aromatic nitrogens is 1. The first-order valence-corrected chi connectivity index (χ1v) is 9.79. The van der Waals surface area contributed by atoms with E-state index in [4.69, 9.17) is 23.2 Å². The van der Waals surface area contributed by atoms with E-state index in [1.54, 1.807) is 42.5 Å². The number of carbonyl (C=O) groups excluding carboxylic acids is 2. The molecule has 2 heterocycles. The number of aryl methyl sites for hydroxylation is 1. The third kappa shape index (κ3) is 3.49. The van der Waals surface area contributed by atoms with Gasteiger partial charge in [0, 0.05) is 22.1 Å². The number of nitrogens with zero attached hydrogens (tertiary/aromatic N) is 2. The quantitative estimate of drug-likeness (QED) is 0.420. The van der Waals surface area contributed by atoms with Crippen molar-refractivity contribution in [1.29, 1.82) is 0 Å². The highest BCUT2D eigenvalue weighted by Crippen LogP contribution is 2.28. The lowest BCUT2D eigenvalue weighted by Gasteiger charge is -2.11. The third-order valence-electron chi connectivity index (χ3n) is 4.89. The molecule has 3 aromatic rings. The molecule has 4 rings (SSSR count). The van der Waals surface area contributed by atoms with E-state index in [1.807, 2.05) is 24.5 Å². The highest BCUT2D eigenvalue weighted by molar-refractivity contribution is 6.31. The fourth-order valence-corrected chi connectivity index (χ4v) is 3.77. The Morgan fingerprint density at radius 3 is 2.30 bits per heavy atom. The van der Waals surface area contributed by atoms with E-state index < -0.39 is 17.8 Å². The molecule has 152 valence electrons. The molecule has 5 nitrogen and oxygen atoms in total. The van der Waals surface area contributed by atoms with Crippen LogP contribution < -0.4 is 10.2 Å². The Morgan fingerprint density at radius 1 is 0.967 bits per heavy atom. The topological polar surface area (TPSA) is 54.3 Å². The van der Waals surface area contributed by atoms with E-state index >= 15 is 0 Å². The smallest absolute Gasteiger partial charge is 0.318 e. The summed E-state index contributed by atoms with van der Waals surface area (Å²) in [6.07, 6.45) is 1.63. The second-order valence-corrected chi connectivity index (χ2v) is 7.71. The second-order valence-electron chi connectivity index (χ2n) is 6.87. The molecule has 1 aliphatic rings. The molecule has 0 unspecified atom stereocenters. The van der Waals surface area contributed by atoms with E-state index in [0.29, 0.717) is 16.4 Å². The maximum absolute atomic E-state index is 13.5. The first kappa shape index (κ1) is 20.2. The van der Waals surface area contributed by atoms with Crippen LogP contribution in [0.4, 0.5) is 14.9 Å². The van der Waals surface area contributed by atoms with Gasteiger partial charge in [0.1, 0.15) is 11.5 Å². The lowest BCUT2D eigenvalue weighted by atomic mass is 10.2. The van der Waals surface area contributed by atoms with Gasteiger partial charge < -0.3 is 9.88 Å². The number of rotatable bonds is 3. The van der Waals surface area contributed by atoms with Crippen LogP contribution in [0.3, 0.4) is 0 Å². The molecule has 1 N–H and O–H groups in total. The van der Waals surface area contributed by atoms with Gasteiger partial charge in [0.05, 0.1) is 10.7 Å². The number of amides is 3. The monoisotopic (exact) mass is 443 g/mol. The van der Waals surface area contributed by atoms with Gasteiger partial charge in [-0.1, -0.05) is 23.2 Å². The predicted octanol–water partition coefficient (Wildman–Crippen LogP) is 5.64. The Kier molecular flexibility index (Phi) is 5.13. The molecule has 0 saturated carbocycles. The van der Waals surface area contributed by atoms with Crippen LogP contribution in [0.15, 0.2) is 54.2 Å². The number of anilines is 1. The van der Waals surface area contributed by atoms with Crippen molar-refractivity contribution in [3.05, 3.63) is 87.0 Å². The maximum atomic E-state index is 13.5. The molecular weight excluding hydrogens is 428 g/mol. The van der Waals surface area contributed by atoms with Crippen LogP contribution in [-0.2, 0) is 4.79 Å². The summed E-state index contributed by atoms with van der Waals surface area (Å²) in [6.45, 7) is 3.76. The van der Waals surface area contributed by atoms with E-state index in [1.165, 1.54) is 6.07 Å². The molecule has 3 amide bonds. The molecule has 1 fully saturated rings. The normalized spacial score (nSPS) is 15.2. The third-order valence-corrected chi connectivity index (χ3v) is 5.44. The van der Waals surface area contributed by atoms with Gasteiger partial charge in [0.2, 0.25) is 0 Å². The van der Waals surface area contributed by atoms with Crippen molar-refractivity contribution in [3.8, 4) is 5.69 Å². The van der Waals surface area contributed by atoms with Gasteiger partial charge in [-0.05, 0) is 74.0 Å². The molecule has 0 spiro atoms. The largest absolute Gasteiger partial charge is 0.333 e. The molecular formula is C22H16Cl2FN3O2. The molecule has 2 aromatic carbocycles. The molecule has 1 aliphatic heterocycles. The fraction of sp³-hybridized carbons (Fsp3) is 0.0909. The van der Waals surface area contributed by atoms with Crippen LogP contribution >= 0.6 is 23.2 Å². The lowest BCUT2D eigenvalue weighted by Crippen LogP contribution is -2.30. The standard InChI is InChI=1S/C22H16Cl2FN3O2/c1-12-9-14(13(2)27(12)17-7-8-19(25)18(24)11-17)10-20-21(29)28(22(30)26-20)16-5-3-15(23)4-6-16/h3-11H,1-2H3,(H,26,30)/b20-10+. The average molecular weight is 444 g/mol. The molecule has 0 bridgehead atoms. The van der Waals surface area contributed by atoms with Crippen molar-refractivity contribution >= 4 is 46.9 Å². The van der Waals surface area contributed by atoms with Gasteiger partial charge in [-0.15, -0.1) is 0 Å². The van der Waals surface area contributed by atoms with Crippen molar-refractivity contribution in [3.63, 3.8) is 0 Å². The number of urea groups is 1. The predicted molar refractivity (Wildman–Crippen MR) is 116 cm³/mol. The van der Waals surface area contributed by atoms with Crippen LogP contribution in [0.5, 0.6) is 0 Å². The minimum atomic E-state index is -0.535. The van der Waals surface area contributed by atoms with Crippen molar-refractivity contribution < 1.29 is 14.0 Å². The lowest BCUT2D eigenvalue weighted by molar-refractivity contribution is -0.113. The van der Waals surface area contributed by atoms with Crippen LogP contribution in [0.1, 0.15) is 17.0 Å². The average Bonchev–Trinajstić information content (AvgIpc) is 3.13. The van der Waals surface area contributed by atoms with Crippen LogP contribution in [0.2, 0.25) is 10.0 Å². The number of hydrogen-bond acceptors (Lipinski definition) is 2. The number of hydrogen-bond donors (Lipinski definition) is 1. The molecule has 0 atom stereocenters. The molecule has 0 radical (unpaired) electrons. The van der Waals surface area contributed by atoms with Crippen LogP contribution in [0, 0.1) is 19.7 Å². The number of imide groups is 1. The Morgan fingerprint density at radius 2 is 1.63 bits per heavy atom. The highest BCUT2D eigenvalue weighted by atomic mass is 35.5. The number of halogens is 3. The summed E-state index contributed by atoms with van der Waals surface area (Å²) >= 11 is 11.8. The van der Waals surface area contributed by atoms with E-state index in [2.05, 4.69) is 5.32 Å². The molecule has 1 aromatic heterocycles. The Bertz CT molecular complexity index is 1220. The minimum absolute atomic E-state index is 0.0248. The summed E-state index contributed by atoms with van der Waals surface area (Å²) < 4.78 is 15.4. The Hall–Kier alpha value is -3.09. The van der Waals surface area contributed by atoms with Gasteiger partial charge in [-0.2, -0.15) is 0 Å². The van der Waals surface area contributed by atoms with Crippen LogP contribution in [0.25, 0.3) is 11.8 Å². The zero-order chi connectivity index (χ0) is 21.6. The van der Waals surface area contributed by atoms with Gasteiger partial charge in [-0.25, -0.2) is 14.1 Å². The van der Waals surface area contributed by atoms with Gasteiger partial charge >= 0.3 is 6.03 Å². The molecule has 8 heteroatoms. The summed E-state index contributed by atoms with van der Waals surface area (Å²) in [4.78, 5) is 26.3. The zero-order valence-electron chi connectivity index (χ0n) is 16.0. The summed E-state index contributed by atoms with van der Waals surface area (Å²) in [6, 6.07) is 12.2. The van der Waals surface area contributed by atoms with Gasteiger partial charge in [0.25, 0.3) is 5.91 Å². The number of benzene rings is 2. The molecule has 30 heavy (non-hydrogen) atoms. The first-order chi connectivity index (χ1) is 14.3. The van der Waals surface area contributed by atoms with Crippen molar-refractivity contribution in [2.24, 2.45) is 0 Å². The number of carbonyl (C=O) groups is 2. The molecule has 0 aliphatic carbocycles. The summed E-state index contributed by atoms with van der Waals surface area (Å²) in [7, 11) is 0. The van der Waals surface area contributed by atoms with Crippen molar-refractivity contribution in [2.75, 3.05) is 4.90 Å². The Labute approximate surface area is 182 Å². The van der Waals surface area contributed by atoms with Crippen molar-refractivity contribution in [2.45, 2.75) is 13.8 Å². The fourth-order valence-electron chi connectivity index (χ4n) is 3.47. The van der Waals surface area contributed by atoms with Gasteiger partial charge in [-0.3, -0.25) is 4.79 Å². The number of nitrogens with one attached hydrogen (secondary N) is 1. The van der Waals surface area contributed by atoms with Crippen LogP contribution in [-0.4, -0.2) is 16.5 Å². The summed E-state index contributed by atoms with van der Waals surface area (Å²) in [5.41, 5.74) is 3.72. The minimum Gasteiger partial charge on any atom is -0.318 e. The first-order valence-electron chi connectivity index (χ1n) is 9.03. The van der Waals surface area contributed by atoms with E-state index in [9.17, 15) is 14.0 Å². The highest BCUT2D eigenvalue weighted by Gasteiger charge is 2.35. The SMILES string of the molecule is Cc1cc(/C=C2/NC(=O)N(c3ccc(Cl)cc3)C2=O)c(C)n1-c1ccc(F)c(Cl)c1. The Balaban J connectivity index is 1.70. The van der Waals surface area contributed by atoms with Crippen molar-refractivity contribution in [1.82, 2.24) is 9.88 Å². The summed E-state index contributed by atoms with van der Waals surface area (Å²) in [5, 5.41) is 3.15. The summed E-state index contributed by atoms with van der Waals surface area (Å²) in [5.74, 6) is -0.955. The maximum Gasteiger partial charge on any atom is 0.333 e. The van der Waals surface area contributed by atoms with E-state index in [-0.39, 0.29) is 10.7 Å². The van der Waals surface area contributed by atoms with Gasteiger partial charge in [0.15, 0.2) is 0 Å². The second kappa shape index (κ2) is 7.63. The molecule has 1 saturated heterocycles. The zero-order valence-corrected chi connectivity index (χ0v) is 17.6. The van der Waals surface area contributed by atoms with E-state index in [0.717, 1.165) is 21.9 Å².